The van der Waals surface area contributed by atoms with E-state index in [0.29, 0.717) is 5.92 Å². The molecule has 0 aliphatic heterocycles. The van der Waals surface area contributed by atoms with E-state index < -0.39 is 0 Å². The van der Waals surface area contributed by atoms with Gasteiger partial charge in [-0.05, 0) is 41.9 Å². The second kappa shape index (κ2) is 5.20. The molecule has 1 atom stereocenters. The number of hydrogen-bond acceptors (Lipinski definition) is 1. The highest BCUT2D eigenvalue weighted by molar-refractivity contribution is 5.57. The molecule has 1 aromatic carbocycles. The van der Waals surface area contributed by atoms with Crippen molar-refractivity contribution in [3.8, 4) is 0 Å². The van der Waals surface area contributed by atoms with Crippen molar-refractivity contribution in [2.45, 2.75) is 52.9 Å². The fourth-order valence-corrected chi connectivity index (χ4v) is 1.93. The van der Waals surface area contributed by atoms with Gasteiger partial charge in [-0.2, -0.15) is 0 Å². The average Bonchev–Trinajstić information content (AvgIpc) is 2.28. The summed E-state index contributed by atoms with van der Waals surface area (Å²) in [5, 5.41) is 0. The summed E-state index contributed by atoms with van der Waals surface area (Å²) in [5.74, 6) is 0.571. The maximum atomic E-state index is 6.19. The second-order valence-electron chi connectivity index (χ2n) is 4.27. The maximum absolute atomic E-state index is 6.19. The highest BCUT2D eigenvalue weighted by Crippen LogP contribution is 2.29. The first-order valence-electron chi connectivity index (χ1n) is 6.05. The minimum Gasteiger partial charge on any atom is -0.398 e. The molecule has 0 saturated carbocycles. The molecule has 1 aromatic rings. The number of nitrogens with two attached hydrogens (primary N) is 1. The summed E-state index contributed by atoms with van der Waals surface area (Å²) in [6.45, 7) is 8.84. The highest BCUT2D eigenvalue weighted by atomic mass is 14.6. The van der Waals surface area contributed by atoms with Crippen molar-refractivity contribution in [2.75, 3.05) is 5.73 Å². The molecule has 0 aliphatic carbocycles. The zero-order chi connectivity index (χ0) is 11.4. The van der Waals surface area contributed by atoms with Crippen LogP contribution < -0.4 is 5.73 Å². The van der Waals surface area contributed by atoms with Gasteiger partial charge >= 0.3 is 0 Å². The van der Waals surface area contributed by atoms with Crippen molar-refractivity contribution < 1.29 is 0 Å². The number of rotatable bonds is 4. The van der Waals surface area contributed by atoms with Gasteiger partial charge in [0.05, 0.1) is 0 Å². The first kappa shape index (κ1) is 12.1. The van der Waals surface area contributed by atoms with E-state index in [1.165, 1.54) is 16.7 Å². The molecule has 0 spiro atoms. The van der Waals surface area contributed by atoms with Crippen LogP contribution in [0.15, 0.2) is 12.1 Å². The third-order valence-corrected chi connectivity index (χ3v) is 3.29. The number of benzene rings is 1. The molecule has 0 amide bonds. The fraction of sp³-hybridized carbons (Fsp3) is 0.571. The van der Waals surface area contributed by atoms with Crippen LogP contribution >= 0.6 is 0 Å². The van der Waals surface area contributed by atoms with Crippen LogP contribution in [0.3, 0.4) is 0 Å². The molecule has 84 valence electrons. The van der Waals surface area contributed by atoms with Crippen molar-refractivity contribution in [2.24, 2.45) is 0 Å². The molecule has 0 heterocycles. The van der Waals surface area contributed by atoms with E-state index in [1.54, 1.807) is 0 Å². The molecule has 2 N–H and O–H groups in total. The van der Waals surface area contributed by atoms with Crippen LogP contribution in [0, 0.1) is 0 Å². The molecule has 0 saturated heterocycles. The van der Waals surface area contributed by atoms with Crippen molar-refractivity contribution in [3.05, 3.63) is 28.8 Å². The van der Waals surface area contributed by atoms with E-state index in [2.05, 4.69) is 39.8 Å². The van der Waals surface area contributed by atoms with Gasteiger partial charge in [0.2, 0.25) is 0 Å². The van der Waals surface area contributed by atoms with Crippen molar-refractivity contribution >= 4 is 5.69 Å². The highest BCUT2D eigenvalue weighted by Gasteiger charge is 2.11. The monoisotopic (exact) mass is 205 g/mol. The minimum atomic E-state index is 0.571. The maximum Gasteiger partial charge on any atom is 0.0381 e. The Balaban J connectivity index is 3.23. The topological polar surface area (TPSA) is 26.0 Å². The lowest BCUT2D eigenvalue weighted by molar-refractivity contribution is 0.733. The molecule has 1 unspecified atom stereocenters. The molecule has 0 radical (unpaired) electrons. The number of anilines is 1. The SMILES string of the molecule is CCc1cc(CC)c(N)c(C(C)CC)c1. The minimum absolute atomic E-state index is 0.571. The van der Waals surface area contributed by atoms with E-state index in [9.17, 15) is 0 Å². The molecule has 15 heavy (non-hydrogen) atoms. The van der Waals surface area contributed by atoms with Gasteiger partial charge in [0.15, 0.2) is 0 Å². The number of hydrogen-bond donors (Lipinski definition) is 1. The lowest BCUT2D eigenvalue weighted by Gasteiger charge is -2.17. The molecule has 0 bridgehead atoms. The summed E-state index contributed by atoms with van der Waals surface area (Å²) in [6.07, 6.45) is 3.28. The van der Waals surface area contributed by atoms with Crippen LogP contribution in [0.25, 0.3) is 0 Å². The van der Waals surface area contributed by atoms with Crippen molar-refractivity contribution in [1.29, 1.82) is 0 Å². The third-order valence-electron chi connectivity index (χ3n) is 3.29. The van der Waals surface area contributed by atoms with E-state index in [4.69, 9.17) is 5.73 Å². The van der Waals surface area contributed by atoms with E-state index >= 15 is 0 Å². The lowest BCUT2D eigenvalue weighted by Crippen LogP contribution is -2.04. The van der Waals surface area contributed by atoms with Gasteiger partial charge in [0.25, 0.3) is 0 Å². The first-order valence-corrected chi connectivity index (χ1v) is 6.05. The summed E-state index contributed by atoms with van der Waals surface area (Å²) in [6, 6.07) is 4.53. The average molecular weight is 205 g/mol. The summed E-state index contributed by atoms with van der Waals surface area (Å²) < 4.78 is 0. The summed E-state index contributed by atoms with van der Waals surface area (Å²) in [4.78, 5) is 0. The van der Waals surface area contributed by atoms with Crippen LogP contribution in [0.4, 0.5) is 5.69 Å². The predicted octanol–water partition coefficient (Wildman–Crippen LogP) is 3.91. The summed E-state index contributed by atoms with van der Waals surface area (Å²) in [5.41, 5.74) is 11.3. The van der Waals surface area contributed by atoms with Crippen LogP contribution in [0.2, 0.25) is 0 Å². The standard InChI is InChI=1S/C14H23N/c1-5-10(4)13-9-11(6-2)8-12(7-3)14(13)15/h8-10H,5-7,15H2,1-4H3. The second-order valence-corrected chi connectivity index (χ2v) is 4.27. The zero-order valence-corrected chi connectivity index (χ0v) is 10.4. The normalized spacial score (nSPS) is 12.8. The summed E-state index contributed by atoms with van der Waals surface area (Å²) >= 11 is 0. The Morgan fingerprint density at radius 1 is 1.13 bits per heavy atom. The van der Waals surface area contributed by atoms with Crippen LogP contribution in [0.1, 0.15) is 56.7 Å². The van der Waals surface area contributed by atoms with Gasteiger partial charge in [0.1, 0.15) is 0 Å². The molecule has 1 rings (SSSR count). The van der Waals surface area contributed by atoms with Gasteiger partial charge in [-0.3, -0.25) is 0 Å². The van der Waals surface area contributed by atoms with Gasteiger partial charge in [0, 0.05) is 5.69 Å². The number of aryl methyl sites for hydroxylation is 2. The zero-order valence-electron chi connectivity index (χ0n) is 10.4. The molecule has 0 fully saturated rings. The Hall–Kier alpha value is -0.980. The molecule has 0 aliphatic rings. The Morgan fingerprint density at radius 3 is 2.27 bits per heavy atom. The van der Waals surface area contributed by atoms with Gasteiger partial charge < -0.3 is 5.73 Å². The fourth-order valence-electron chi connectivity index (χ4n) is 1.93. The lowest BCUT2D eigenvalue weighted by atomic mass is 9.91. The Morgan fingerprint density at radius 2 is 1.80 bits per heavy atom. The Labute approximate surface area is 93.7 Å². The van der Waals surface area contributed by atoms with Gasteiger partial charge in [-0.25, -0.2) is 0 Å². The van der Waals surface area contributed by atoms with E-state index in [0.717, 1.165) is 24.9 Å². The third kappa shape index (κ3) is 2.53. The van der Waals surface area contributed by atoms with Crippen LogP contribution in [-0.4, -0.2) is 0 Å². The first-order chi connectivity index (χ1) is 7.13. The van der Waals surface area contributed by atoms with E-state index in [-0.39, 0.29) is 0 Å². The van der Waals surface area contributed by atoms with Crippen molar-refractivity contribution in [3.63, 3.8) is 0 Å². The van der Waals surface area contributed by atoms with Crippen LogP contribution in [0.5, 0.6) is 0 Å². The van der Waals surface area contributed by atoms with Gasteiger partial charge in [-0.15, -0.1) is 0 Å². The molecular weight excluding hydrogens is 182 g/mol. The predicted molar refractivity (Wildman–Crippen MR) is 68.3 cm³/mol. The summed E-state index contributed by atoms with van der Waals surface area (Å²) in [7, 11) is 0. The molecule has 1 nitrogen and oxygen atoms in total. The largest absolute Gasteiger partial charge is 0.398 e. The molecular formula is C14H23N. The smallest absolute Gasteiger partial charge is 0.0381 e. The van der Waals surface area contributed by atoms with E-state index in [1.807, 2.05) is 0 Å². The van der Waals surface area contributed by atoms with Crippen LogP contribution in [-0.2, 0) is 12.8 Å². The van der Waals surface area contributed by atoms with Crippen molar-refractivity contribution in [1.82, 2.24) is 0 Å². The number of nitrogen functional groups attached to an aromatic ring is 1. The van der Waals surface area contributed by atoms with Gasteiger partial charge in [-0.1, -0.05) is 39.8 Å². The molecule has 0 aromatic heterocycles. The molecule has 1 heteroatoms. The Kier molecular flexibility index (Phi) is 4.19. The Bertz CT molecular complexity index is 328. The quantitative estimate of drug-likeness (QED) is 0.741.